The Morgan fingerprint density at radius 3 is 3.16 bits per heavy atom. The van der Waals surface area contributed by atoms with Crippen molar-refractivity contribution in [1.82, 2.24) is 9.38 Å². The third-order valence-electron chi connectivity index (χ3n) is 3.98. The van der Waals surface area contributed by atoms with E-state index < -0.39 is 0 Å². The summed E-state index contributed by atoms with van der Waals surface area (Å²) in [5.74, 6) is 1.03. The SMILES string of the molecule is COC1(C)CCCN(c2nc3sccn3c2CN)C1. The maximum absolute atomic E-state index is 5.91. The molecule has 6 heteroatoms. The van der Waals surface area contributed by atoms with Gasteiger partial charge in [0, 0.05) is 38.3 Å². The first kappa shape index (κ1) is 12.9. The van der Waals surface area contributed by atoms with E-state index in [0.717, 1.165) is 42.4 Å². The van der Waals surface area contributed by atoms with Gasteiger partial charge in [-0.05, 0) is 19.8 Å². The average Bonchev–Trinajstić information content (AvgIpc) is 2.98. The number of thiazole rings is 1. The Morgan fingerprint density at radius 1 is 1.58 bits per heavy atom. The lowest BCUT2D eigenvalue weighted by Crippen LogP contribution is -2.48. The van der Waals surface area contributed by atoms with Crippen molar-refractivity contribution in [2.24, 2.45) is 5.73 Å². The Morgan fingerprint density at radius 2 is 2.42 bits per heavy atom. The molecule has 1 fully saturated rings. The van der Waals surface area contributed by atoms with Crippen LogP contribution in [0.2, 0.25) is 0 Å². The van der Waals surface area contributed by atoms with Gasteiger partial charge in [0.25, 0.3) is 0 Å². The zero-order valence-corrected chi connectivity index (χ0v) is 12.2. The van der Waals surface area contributed by atoms with Gasteiger partial charge in [0.2, 0.25) is 0 Å². The van der Waals surface area contributed by atoms with Gasteiger partial charge in [0.05, 0.1) is 11.3 Å². The van der Waals surface area contributed by atoms with Crippen molar-refractivity contribution in [3.63, 3.8) is 0 Å². The maximum atomic E-state index is 5.91. The molecule has 2 aromatic rings. The van der Waals surface area contributed by atoms with Crippen molar-refractivity contribution in [1.29, 1.82) is 0 Å². The summed E-state index contributed by atoms with van der Waals surface area (Å²) in [6.07, 6.45) is 4.26. The van der Waals surface area contributed by atoms with Crippen molar-refractivity contribution >= 4 is 22.1 Å². The number of anilines is 1. The molecule has 0 aromatic carbocycles. The minimum absolute atomic E-state index is 0.0822. The number of aromatic nitrogens is 2. The predicted octanol–water partition coefficient (Wildman–Crippen LogP) is 1.86. The molecule has 5 nitrogen and oxygen atoms in total. The van der Waals surface area contributed by atoms with Crippen LogP contribution in [0.3, 0.4) is 0 Å². The van der Waals surface area contributed by atoms with Crippen molar-refractivity contribution in [2.45, 2.75) is 31.9 Å². The Labute approximate surface area is 117 Å². The molecule has 0 spiro atoms. The highest BCUT2D eigenvalue weighted by atomic mass is 32.1. The van der Waals surface area contributed by atoms with Crippen molar-refractivity contribution in [2.75, 3.05) is 25.1 Å². The number of methoxy groups -OCH3 is 1. The molecule has 0 aliphatic carbocycles. The second-order valence-electron chi connectivity index (χ2n) is 5.32. The summed E-state index contributed by atoms with van der Waals surface area (Å²) in [4.78, 5) is 8.07. The molecular formula is C13H20N4OS. The molecule has 0 radical (unpaired) electrons. The van der Waals surface area contributed by atoms with Gasteiger partial charge in [-0.3, -0.25) is 4.40 Å². The summed E-state index contributed by atoms with van der Waals surface area (Å²) in [6, 6.07) is 0. The smallest absolute Gasteiger partial charge is 0.195 e. The van der Waals surface area contributed by atoms with Gasteiger partial charge in [-0.15, -0.1) is 11.3 Å². The number of imidazole rings is 1. The van der Waals surface area contributed by atoms with Gasteiger partial charge in [-0.1, -0.05) is 0 Å². The van der Waals surface area contributed by atoms with Crippen LogP contribution in [-0.4, -0.2) is 35.2 Å². The second kappa shape index (κ2) is 4.77. The Balaban J connectivity index is 1.97. The summed E-state index contributed by atoms with van der Waals surface area (Å²) < 4.78 is 7.75. The molecule has 3 heterocycles. The predicted molar refractivity (Wildman–Crippen MR) is 77.8 cm³/mol. The third kappa shape index (κ3) is 2.13. The number of nitrogens with zero attached hydrogens (tertiary/aromatic N) is 3. The van der Waals surface area contributed by atoms with Crippen molar-refractivity contribution in [3.8, 4) is 0 Å². The van der Waals surface area contributed by atoms with Crippen LogP contribution in [0.25, 0.3) is 4.96 Å². The number of rotatable bonds is 3. The zero-order valence-electron chi connectivity index (χ0n) is 11.4. The minimum atomic E-state index is -0.0822. The molecule has 0 amide bonds. The summed E-state index contributed by atoms with van der Waals surface area (Å²) in [6.45, 7) is 4.57. The normalized spacial score (nSPS) is 24.3. The number of ether oxygens (including phenoxy) is 1. The second-order valence-corrected chi connectivity index (χ2v) is 6.19. The number of hydrogen-bond acceptors (Lipinski definition) is 5. The van der Waals surface area contributed by atoms with E-state index >= 15 is 0 Å². The molecule has 1 unspecified atom stereocenters. The fourth-order valence-electron chi connectivity index (χ4n) is 2.82. The summed E-state index contributed by atoms with van der Waals surface area (Å²) in [7, 11) is 1.79. The lowest BCUT2D eigenvalue weighted by Gasteiger charge is -2.40. The van der Waals surface area contributed by atoms with E-state index in [2.05, 4.69) is 16.2 Å². The van der Waals surface area contributed by atoms with E-state index in [-0.39, 0.29) is 5.60 Å². The molecule has 1 saturated heterocycles. The molecule has 2 aromatic heterocycles. The zero-order chi connectivity index (χ0) is 13.5. The molecular weight excluding hydrogens is 260 g/mol. The van der Waals surface area contributed by atoms with E-state index in [1.54, 1.807) is 18.4 Å². The number of nitrogens with two attached hydrogens (primary N) is 1. The molecule has 3 rings (SSSR count). The fraction of sp³-hybridized carbons (Fsp3) is 0.615. The van der Waals surface area contributed by atoms with Crippen LogP contribution in [0.1, 0.15) is 25.5 Å². The first-order chi connectivity index (χ1) is 9.17. The molecule has 104 valence electrons. The van der Waals surface area contributed by atoms with Crippen LogP contribution in [0.4, 0.5) is 5.82 Å². The molecule has 1 atom stereocenters. The lowest BCUT2D eigenvalue weighted by molar-refractivity contribution is -0.00482. The van der Waals surface area contributed by atoms with E-state index in [9.17, 15) is 0 Å². The number of fused-ring (bicyclic) bond motifs is 1. The molecule has 19 heavy (non-hydrogen) atoms. The molecule has 0 bridgehead atoms. The summed E-state index contributed by atoms with van der Waals surface area (Å²) in [5.41, 5.74) is 6.92. The third-order valence-corrected chi connectivity index (χ3v) is 4.74. The van der Waals surface area contributed by atoms with E-state index in [1.165, 1.54) is 0 Å². The quantitative estimate of drug-likeness (QED) is 0.932. The first-order valence-corrected chi connectivity index (χ1v) is 7.49. The van der Waals surface area contributed by atoms with Crippen LogP contribution in [-0.2, 0) is 11.3 Å². The van der Waals surface area contributed by atoms with Gasteiger partial charge in [-0.25, -0.2) is 4.98 Å². The highest BCUT2D eigenvalue weighted by Gasteiger charge is 2.33. The monoisotopic (exact) mass is 280 g/mol. The summed E-state index contributed by atoms with van der Waals surface area (Å²) >= 11 is 1.65. The Hall–Kier alpha value is -1.11. The number of hydrogen-bond donors (Lipinski definition) is 1. The van der Waals surface area contributed by atoms with Gasteiger partial charge in [0.15, 0.2) is 10.8 Å². The topological polar surface area (TPSA) is 55.8 Å². The Kier molecular flexibility index (Phi) is 3.24. The maximum Gasteiger partial charge on any atom is 0.195 e. The van der Waals surface area contributed by atoms with Gasteiger partial charge < -0.3 is 15.4 Å². The van der Waals surface area contributed by atoms with Crippen molar-refractivity contribution < 1.29 is 4.74 Å². The van der Waals surface area contributed by atoms with Crippen LogP contribution in [0.5, 0.6) is 0 Å². The summed E-state index contributed by atoms with van der Waals surface area (Å²) in [5, 5.41) is 2.04. The molecule has 1 aliphatic rings. The molecule has 0 saturated carbocycles. The van der Waals surface area contributed by atoms with Crippen LogP contribution in [0, 0.1) is 0 Å². The highest BCUT2D eigenvalue weighted by Crippen LogP contribution is 2.31. The van der Waals surface area contributed by atoms with E-state index in [0.29, 0.717) is 6.54 Å². The van der Waals surface area contributed by atoms with Crippen LogP contribution >= 0.6 is 11.3 Å². The average molecular weight is 280 g/mol. The van der Waals surface area contributed by atoms with Gasteiger partial charge >= 0.3 is 0 Å². The first-order valence-electron chi connectivity index (χ1n) is 6.61. The molecule has 1 aliphatic heterocycles. The standard InChI is InChI=1S/C13H20N4OS/c1-13(18-2)4-3-5-16(9-13)11-10(8-14)17-6-7-19-12(17)15-11/h6-7H,3-5,8-9,14H2,1-2H3. The van der Waals surface area contributed by atoms with Gasteiger partial charge in [0.1, 0.15) is 0 Å². The van der Waals surface area contributed by atoms with E-state index in [4.69, 9.17) is 15.5 Å². The largest absolute Gasteiger partial charge is 0.377 e. The lowest BCUT2D eigenvalue weighted by atomic mass is 9.95. The van der Waals surface area contributed by atoms with E-state index in [1.807, 2.05) is 11.6 Å². The van der Waals surface area contributed by atoms with Crippen molar-refractivity contribution in [3.05, 3.63) is 17.3 Å². The number of piperidine rings is 1. The Bertz CT molecular complexity index is 578. The fourth-order valence-corrected chi connectivity index (χ4v) is 3.55. The van der Waals surface area contributed by atoms with Crippen LogP contribution < -0.4 is 10.6 Å². The highest BCUT2D eigenvalue weighted by molar-refractivity contribution is 7.15. The minimum Gasteiger partial charge on any atom is -0.377 e. The molecule has 2 N–H and O–H groups in total. The van der Waals surface area contributed by atoms with Crippen LogP contribution in [0.15, 0.2) is 11.6 Å². The van der Waals surface area contributed by atoms with Gasteiger partial charge in [-0.2, -0.15) is 0 Å².